The van der Waals surface area contributed by atoms with Gasteiger partial charge in [-0.25, -0.2) is 0 Å². The molecule has 2 amide bonds. The van der Waals surface area contributed by atoms with Crippen molar-refractivity contribution in [2.75, 3.05) is 11.5 Å². The zero-order chi connectivity index (χ0) is 21.8. The molecule has 0 fully saturated rings. The van der Waals surface area contributed by atoms with E-state index in [2.05, 4.69) is 34.8 Å². The van der Waals surface area contributed by atoms with Gasteiger partial charge in [-0.2, -0.15) is 0 Å². The summed E-state index contributed by atoms with van der Waals surface area (Å²) in [7, 11) is 0. The molecule has 7 nitrogen and oxygen atoms in total. The Morgan fingerprint density at radius 2 is 1.97 bits per heavy atom. The Kier molecular flexibility index (Phi) is 5.93. The van der Waals surface area contributed by atoms with Gasteiger partial charge < -0.3 is 14.1 Å². The monoisotopic (exact) mass is 419 g/mol. The van der Waals surface area contributed by atoms with Crippen molar-refractivity contribution in [1.82, 2.24) is 10.9 Å². The van der Waals surface area contributed by atoms with Gasteiger partial charge in [0.25, 0.3) is 11.8 Å². The largest absolute Gasteiger partial charge is 0.484 e. The van der Waals surface area contributed by atoms with Gasteiger partial charge in [0, 0.05) is 11.7 Å². The third-order valence-corrected chi connectivity index (χ3v) is 5.33. The molecule has 1 unspecified atom stereocenters. The van der Waals surface area contributed by atoms with E-state index >= 15 is 0 Å². The van der Waals surface area contributed by atoms with E-state index in [4.69, 9.17) is 9.15 Å². The van der Waals surface area contributed by atoms with Crippen LogP contribution in [0.25, 0.3) is 0 Å². The van der Waals surface area contributed by atoms with Crippen LogP contribution < -0.4 is 20.5 Å². The summed E-state index contributed by atoms with van der Waals surface area (Å²) in [6.07, 6.45) is 2.44. The van der Waals surface area contributed by atoms with E-state index < -0.39 is 11.8 Å². The van der Waals surface area contributed by atoms with E-state index in [0.717, 1.165) is 17.7 Å². The quantitative estimate of drug-likeness (QED) is 0.599. The van der Waals surface area contributed by atoms with Gasteiger partial charge in [0.1, 0.15) is 11.5 Å². The van der Waals surface area contributed by atoms with Crippen LogP contribution >= 0.6 is 0 Å². The van der Waals surface area contributed by atoms with Crippen molar-refractivity contribution in [2.24, 2.45) is 0 Å². The molecule has 31 heavy (non-hydrogen) atoms. The summed E-state index contributed by atoms with van der Waals surface area (Å²) in [6.45, 7) is 4.36. The van der Waals surface area contributed by atoms with Crippen molar-refractivity contribution >= 4 is 17.5 Å². The third kappa shape index (κ3) is 4.71. The van der Waals surface area contributed by atoms with Crippen LogP contribution in [-0.2, 0) is 17.8 Å². The second-order valence-corrected chi connectivity index (χ2v) is 7.67. The highest BCUT2D eigenvalue weighted by Crippen LogP contribution is 2.33. The molecule has 2 aromatic carbocycles. The minimum absolute atomic E-state index is 0.204. The van der Waals surface area contributed by atoms with E-state index in [-0.39, 0.29) is 6.61 Å². The first-order valence-corrected chi connectivity index (χ1v) is 10.2. The predicted octanol–water partition coefficient (Wildman–Crippen LogP) is 3.38. The van der Waals surface area contributed by atoms with E-state index in [9.17, 15) is 9.59 Å². The highest BCUT2D eigenvalue weighted by Gasteiger charge is 2.28. The highest BCUT2D eigenvalue weighted by atomic mass is 16.5. The number of fused-ring (bicyclic) bond motifs is 1. The molecule has 0 spiro atoms. The molecule has 1 aliphatic rings. The highest BCUT2D eigenvalue weighted by molar-refractivity contribution is 5.96. The molecule has 0 saturated carbocycles. The fraction of sp³-hybridized carbons (Fsp3) is 0.250. The zero-order valence-electron chi connectivity index (χ0n) is 17.6. The number of carbonyl (C=O) groups is 2. The molecule has 1 aromatic heterocycles. The first kappa shape index (κ1) is 20.5. The number of para-hydroxylation sites is 1. The van der Waals surface area contributed by atoms with Crippen LogP contribution in [0.4, 0.5) is 5.69 Å². The average molecular weight is 419 g/mol. The van der Waals surface area contributed by atoms with Gasteiger partial charge in [-0.15, -0.1) is 0 Å². The number of aryl methyl sites for hydroxylation is 1. The van der Waals surface area contributed by atoms with Crippen LogP contribution in [0, 0.1) is 6.92 Å². The molecule has 3 aromatic rings. The van der Waals surface area contributed by atoms with Gasteiger partial charge in [-0.3, -0.25) is 20.4 Å². The fourth-order valence-corrected chi connectivity index (χ4v) is 3.77. The van der Waals surface area contributed by atoms with Crippen molar-refractivity contribution in [3.05, 3.63) is 83.3 Å². The lowest BCUT2D eigenvalue weighted by atomic mass is 10.1. The van der Waals surface area contributed by atoms with E-state index in [0.29, 0.717) is 29.7 Å². The number of furan rings is 1. The molecule has 4 rings (SSSR count). The molecule has 1 atom stereocenters. The molecule has 0 aliphatic carbocycles. The van der Waals surface area contributed by atoms with Crippen LogP contribution in [0.5, 0.6) is 5.75 Å². The van der Waals surface area contributed by atoms with Crippen molar-refractivity contribution in [2.45, 2.75) is 32.9 Å². The van der Waals surface area contributed by atoms with Crippen molar-refractivity contribution < 1.29 is 18.7 Å². The maximum absolute atomic E-state index is 12.6. The smallest absolute Gasteiger partial charge is 0.276 e. The number of hydrazine groups is 1. The number of amides is 2. The average Bonchev–Trinajstić information content (AvgIpc) is 3.35. The molecule has 7 heteroatoms. The minimum atomic E-state index is -0.456. The van der Waals surface area contributed by atoms with E-state index in [1.165, 1.54) is 11.8 Å². The van der Waals surface area contributed by atoms with E-state index in [1.807, 2.05) is 37.3 Å². The molecule has 0 radical (unpaired) electrons. The molecule has 160 valence electrons. The number of hydrogen-bond acceptors (Lipinski definition) is 5. The molecule has 2 heterocycles. The maximum atomic E-state index is 12.6. The Balaban J connectivity index is 1.33. The van der Waals surface area contributed by atoms with Gasteiger partial charge in [-0.05, 0) is 55.7 Å². The fourth-order valence-electron chi connectivity index (χ4n) is 3.77. The van der Waals surface area contributed by atoms with Crippen molar-refractivity contribution in [3.63, 3.8) is 0 Å². The molecule has 0 bridgehead atoms. The van der Waals surface area contributed by atoms with Gasteiger partial charge in [0.15, 0.2) is 6.61 Å². The van der Waals surface area contributed by atoms with Crippen molar-refractivity contribution in [1.29, 1.82) is 0 Å². The Bertz CT molecular complexity index is 1090. The Hall–Kier alpha value is -3.74. The van der Waals surface area contributed by atoms with E-state index in [1.54, 1.807) is 12.1 Å². The summed E-state index contributed by atoms with van der Waals surface area (Å²) in [5.41, 5.74) is 8.67. The minimum Gasteiger partial charge on any atom is -0.484 e. The summed E-state index contributed by atoms with van der Waals surface area (Å²) in [6, 6.07) is 17.5. The van der Waals surface area contributed by atoms with Gasteiger partial charge in [0.05, 0.1) is 18.4 Å². The second-order valence-electron chi connectivity index (χ2n) is 7.67. The number of hydrogen-bond donors (Lipinski definition) is 2. The Morgan fingerprint density at radius 3 is 2.81 bits per heavy atom. The summed E-state index contributed by atoms with van der Waals surface area (Å²) >= 11 is 0. The second kappa shape index (κ2) is 8.95. The summed E-state index contributed by atoms with van der Waals surface area (Å²) in [4.78, 5) is 26.9. The maximum Gasteiger partial charge on any atom is 0.276 e. The van der Waals surface area contributed by atoms with Gasteiger partial charge in [-0.1, -0.05) is 30.3 Å². The summed E-state index contributed by atoms with van der Waals surface area (Å²) in [5.74, 6) is 0.250. The summed E-state index contributed by atoms with van der Waals surface area (Å²) in [5, 5.41) is 0. The third-order valence-electron chi connectivity index (χ3n) is 5.33. The predicted molar refractivity (Wildman–Crippen MR) is 117 cm³/mol. The molecular formula is C24H25N3O4. The SMILES string of the molecule is Cc1cccc(OCC(=O)NNC(=O)c2ccoc2CN2c3ccccc3CC2C)c1. The molecule has 2 N–H and O–H groups in total. The number of nitrogens with zero attached hydrogens (tertiary/aromatic N) is 1. The molecule has 0 saturated heterocycles. The first-order chi connectivity index (χ1) is 15.0. The van der Waals surface area contributed by atoms with Crippen LogP contribution in [0.3, 0.4) is 0 Å². The molecular weight excluding hydrogens is 394 g/mol. The number of carbonyl (C=O) groups excluding carboxylic acids is 2. The normalized spacial score (nSPS) is 14.8. The Morgan fingerprint density at radius 1 is 1.13 bits per heavy atom. The topological polar surface area (TPSA) is 83.8 Å². The first-order valence-electron chi connectivity index (χ1n) is 10.2. The van der Waals surface area contributed by atoms with Crippen LogP contribution in [0.1, 0.15) is 34.2 Å². The van der Waals surface area contributed by atoms with Crippen LogP contribution in [0.2, 0.25) is 0 Å². The number of nitrogens with one attached hydrogen (secondary N) is 2. The number of anilines is 1. The Labute approximate surface area is 181 Å². The molecule has 1 aliphatic heterocycles. The summed E-state index contributed by atoms with van der Waals surface area (Å²) < 4.78 is 11.0. The lowest BCUT2D eigenvalue weighted by molar-refractivity contribution is -0.123. The van der Waals surface area contributed by atoms with Crippen LogP contribution in [0.15, 0.2) is 65.3 Å². The lowest BCUT2D eigenvalue weighted by Crippen LogP contribution is -2.44. The van der Waals surface area contributed by atoms with Gasteiger partial charge >= 0.3 is 0 Å². The van der Waals surface area contributed by atoms with Gasteiger partial charge in [0.2, 0.25) is 0 Å². The number of ether oxygens (including phenoxy) is 1. The lowest BCUT2D eigenvalue weighted by Gasteiger charge is -2.24. The zero-order valence-corrected chi connectivity index (χ0v) is 17.6. The standard InChI is InChI=1S/C24H25N3O4/c1-16-6-5-8-19(12-16)31-15-23(28)25-26-24(29)20-10-11-30-22(20)14-27-17(2)13-18-7-3-4-9-21(18)27/h3-12,17H,13-15H2,1-2H3,(H,25,28)(H,26,29). The van der Waals surface area contributed by atoms with Crippen molar-refractivity contribution in [3.8, 4) is 5.75 Å². The number of benzene rings is 2. The number of rotatable bonds is 6. The van der Waals surface area contributed by atoms with Crippen LogP contribution in [-0.4, -0.2) is 24.5 Å².